The number of rotatable bonds is 2. The van der Waals surface area contributed by atoms with Crippen molar-refractivity contribution in [3.05, 3.63) is 33.3 Å². The van der Waals surface area contributed by atoms with E-state index in [1.165, 1.54) is 27.6 Å². The summed E-state index contributed by atoms with van der Waals surface area (Å²) in [6, 6.07) is 4.84. The summed E-state index contributed by atoms with van der Waals surface area (Å²) < 4.78 is 1.24. The Bertz CT molecular complexity index is 365. The van der Waals surface area contributed by atoms with Crippen LogP contribution in [0.5, 0.6) is 0 Å². The van der Waals surface area contributed by atoms with Gasteiger partial charge in [-0.2, -0.15) is 0 Å². The van der Waals surface area contributed by atoms with Crippen LogP contribution in [-0.4, -0.2) is 0 Å². The molecule has 82 valence electrons. The largest absolute Gasteiger partial charge is 0.226 e. The van der Waals surface area contributed by atoms with E-state index < -0.39 is 0 Å². The Morgan fingerprint density at radius 3 is 3.00 bits per heavy atom. The van der Waals surface area contributed by atoms with Crippen LogP contribution in [0, 0.1) is 0 Å². The molecule has 0 saturated heterocycles. The highest BCUT2D eigenvalue weighted by Gasteiger charge is 2.21. The van der Waals surface area contributed by atoms with Gasteiger partial charge in [-0.3, -0.25) is 0 Å². The van der Waals surface area contributed by atoms with Gasteiger partial charge in [0.2, 0.25) is 0 Å². The summed E-state index contributed by atoms with van der Waals surface area (Å²) in [6.45, 7) is 2.18. The standard InChI is InChI=1S/C12H15BrClN/c1-2-8-6-10-9(11(13)7-8)4-3-5-12(10)15-14/h6-7,12,15H,2-5H2,1H3. The third-order valence-electron chi connectivity index (χ3n) is 3.12. The van der Waals surface area contributed by atoms with Crippen LogP contribution in [0.25, 0.3) is 0 Å². The van der Waals surface area contributed by atoms with Gasteiger partial charge in [0.05, 0.1) is 0 Å². The zero-order valence-electron chi connectivity index (χ0n) is 8.82. The van der Waals surface area contributed by atoms with E-state index in [2.05, 4.69) is 39.8 Å². The molecule has 1 aromatic rings. The van der Waals surface area contributed by atoms with Crippen LogP contribution in [0.15, 0.2) is 16.6 Å². The maximum Gasteiger partial charge on any atom is 0.0473 e. The summed E-state index contributed by atoms with van der Waals surface area (Å²) >= 11 is 9.45. The van der Waals surface area contributed by atoms with Gasteiger partial charge in [0.1, 0.15) is 0 Å². The first-order valence-corrected chi connectivity index (χ1v) is 6.60. The molecule has 0 fully saturated rings. The van der Waals surface area contributed by atoms with Crippen LogP contribution in [0.2, 0.25) is 0 Å². The molecule has 0 radical (unpaired) electrons. The molecular weight excluding hydrogens is 273 g/mol. The monoisotopic (exact) mass is 287 g/mol. The van der Waals surface area contributed by atoms with E-state index in [1.54, 1.807) is 0 Å². The van der Waals surface area contributed by atoms with Crippen molar-refractivity contribution in [2.24, 2.45) is 0 Å². The van der Waals surface area contributed by atoms with E-state index in [0.717, 1.165) is 19.3 Å². The maximum atomic E-state index is 5.79. The smallest absolute Gasteiger partial charge is 0.0473 e. The molecule has 0 aliphatic heterocycles. The van der Waals surface area contributed by atoms with Gasteiger partial charge in [-0.25, -0.2) is 4.84 Å². The van der Waals surface area contributed by atoms with E-state index >= 15 is 0 Å². The predicted molar refractivity (Wildman–Crippen MR) is 68.2 cm³/mol. The number of halogens is 2. The van der Waals surface area contributed by atoms with Crippen molar-refractivity contribution < 1.29 is 0 Å². The van der Waals surface area contributed by atoms with E-state index in [-0.39, 0.29) is 0 Å². The SMILES string of the molecule is CCc1cc(Br)c2c(c1)C(NCl)CCC2. The maximum absolute atomic E-state index is 5.79. The number of fused-ring (bicyclic) bond motifs is 1. The molecule has 0 heterocycles. The van der Waals surface area contributed by atoms with Crippen molar-refractivity contribution in [1.29, 1.82) is 0 Å². The van der Waals surface area contributed by atoms with Gasteiger partial charge in [-0.15, -0.1) is 0 Å². The molecule has 1 aliphatic rings. The van der Waals surface area contributed by atoms with Crippen molar-refractivity contribution in [2.75, 3.05) is 0 Å². The van der Waals surface area contributed by atoms with Gasteiger partial charge < -0.3 is 0 Å². The topological polar surface area (TPSA) is 12.0 Å². The van der Waals surface area contributed by atoms with Gasteiger partial charge in [0.15, 0.2) is 0 Å². The summed E-state index contributed by atoms with van der Waals surface area (Å²) in [5.74, 6) is 0. The van der Waals surface area contributed by atoms with Gasteiger partial charge in [0.25, 0.3) is 0 Å². The molecule has 1 nitrogen and oxygen atoms in total. The summed E-state index contributed by atoms with van der Waals surface area (Å²) in [5, 5.41) is 0. The first-order valence-electron chi connectivity index (χ1n) is 5.43. The van der Waals surface area contributed by atoms with Crippen LogP contribution >= 0.6 is 27.7 Å². The van der Waals surface area contributed by atoms with Gasteiger partial charge in [-0.1, -0.05) is 28.9 Å². The fourth-order valence-corrected chi connectivity index (χ4v) is 3.19. The van der Waals surface area contributed by atoms with E-state index in [1.807, 2.05) is 0 Å². The quantitative estimate of drug-likeness (QED) is 0.807. The molecule has 0 amide bonds. The molecule has 1 aromatic carbocycles. The lowest BCUT2D eigenvalue weighted by Gasteiger charge is -2.25. The normalized spacial score (nSPS) is 20.1. The van der Waals surface area contributed by atoms with Crippen LogP contribution in [0.4, 0.5) is 0 Å². The fraction of sp³-hybridized carbons (Fsp3) is 0.500. The lowest BCUT2D eigenvalue weighted by atomic mass is 9.87. The third kappa shape index (κ3) is 2.22. The molecular formula is C12H15BrClN. The molecule has 0 aromatic heterocycles. The Morgan fingerprint density at radius 1 is 1.53 bits per heavy atom. The molecule has 0 bridgehead atoms. The van der Waals surface area contributed by atoms with E-state index in [9.17, 15) is 0 Å². The molecule has 1 unspecified atom stereocenters. The highest BCUT2D eigenvalue weighted by atomic mass is 79.9. The third-order valence-corrected chi connectivity index (χ3v) is 4.10. The van der Waals surface area contributed by atoms with E-state index in [4.69, 9.17) is 11.8 Å². The highest BCUT2D eigenvalue weighted by molar-refractivity contribution is 9.10. The van der Waals surface area contributed by atoms with Crippen LogP contribution in [0.1, 0.15) is 42.5 Å². The Balaban J connectivity index is 2.48. The van der Waals surface area contributed by atoms with Gasteiger partial charge in [0, 0.05) is 10.5 Å². The number of aryl methyl sites for hydroxylation is 1. The van der Waals surface area contributed by atoms with Crippen molar-refractivity contribution >= 4 is 27.7 Å². The summed E-state index contributed by atoms with van der Waals surface area (Å²) in [7, 11) is 0. The van der Waals surface area contributed by atoms with Crippen LogP contribution in [-0.2, 0) is 12.8 Å². The summed E-state index contributed by atoms with van der Waals surface area (Å²) in [6.07, 6.45) is 4.58. The number of hydrogen-bond acceptors (Lipinski definition) is 1. The van der Waals surface area contributed by atoms with Gasteiger partial charge in [-0.05, 0) is 60.2 Å². The molecule has 3 heteroatoms. The summed E-state index contributed by atoms with van der Waals surface area (Å²) in [5.41, 5.74) is 4.18. The number of hydrogen-bond donors (Lipinski definition) is 1. The average molecular weight is 289 g/mol. The van der Waals surface area contributed by atoms with E-state index in [0.29, 0.717) is 6.04 Å². The van der Waals surface area contributed by atoms with Crippen molar-refractivity contribution in [3.63, 3.8) is 0 Å². The van der Waals surface area contributed by atoms with Gasteiger partial charge >= 0.3 is 0 Å². The lowest BCUT2D eigenvalue weighted by molar-refractivity contribution is 0.537. The second-order valence-corrected chi connectivity index (χ2v) is 5.13. The Morgan fingerprint density at radius 2 is 2.33 bits per heavy atom. The van der Waals surface area contributed by atoms with Crippen molar-refractivity contribution in [2.45, 2.75) is 38.6 Å². The first kappa shape index (κ1) is 11.4. The molecule has 1 atom stereocenters. The van der Waals surface area contributed by atoms with Crippen LogP contribution in [0.3, 0.4) is 0 Å². The number of nitrogens with one attached hydrogen (secondary N) is 1. The first-order chi connectivity index (χ1) is 7.26. The number of benzene rings is 1. The minimum Gasteiger partial charge on any atom is -0.226 e. The molecule has 0 saturated carbocycles. The zero-order valence-corrected chi connectivity index (χ0v) is 11.2. The predicted octanol–water partition coefficient (Wildman–Crippen LogP) is 4.13. The molecule has 0 spiro atoms. The molecule has 1 aliphatic carbocycles. The Kier molecular flexibility index (Phi) is 3.70. The Hall–Kier alpha value is -0.0500. The van der Waals surface area contributed by atoms with Crippen LogP contribution < -0.4 is 4.84 Å². The highest BCUT2D eigenvalue weighted by Crippen LogP contribution is 2.35. The Labute approximate surface area is 104 Å². The van der Waals surface area contributed by atoms with Crippen molar-refractivity contribution in [1.82, 2.24) is 4.84 Å². The second kappa shape index (κ2) is 4.86. The zero-order chi connectivity index (χ0) is 10.8. The second-order valence-electron chi connectivity index (χ2n) is 4.05. The molecule has 15 heavy (non-hydrogen) atoms. The minimum atomic E-state index is 0.318. The lowest BCUT2D eigenvalue weighted by Crippen LogP contribution is -2.18. The minimum absolute atomic E-state index is 0.318. The fourth-order valence-electron chi connectivity index (χ4n) is 2.25. The average Bonchev–Trinajstić information content (AvgIpc) is 2.28. The molecule has 2 rings (SSSR count). The summed E-state index contributed by atoms with van der Waals surface area (Å²) in [4.78, 5) is 2.89. The molecule has 1 N–H and O–H groups in total. The van der Waals surface area contributed by atoms with Crippen molar-refractivity contribution in [3.8, 4) is 0 Å².